The third-order valence-corrected chi connectivity index (χ3v) is 1.80. The molecule has 0 saturated heterocycles. The van der Waals surface area contributed by atoms with Crippen molar-refractivity contribution >= 4 is 11.6 Å². The highest BCUT2D eigenvalue weighted by Gasteiger charge is 2.10. The van der Waals surface area contributed by atoms with Crippen molar-refractivity contribution in [2.45, 2.75) is 0 Å². The van der Waals surface area contributed by atoms with Crippen LogP contribution in [0.25, 0.3) is 5.65 Å². The van der Waals surface area contributed by atoms with Gasteiger partial charge in [0, 0.05) is 19.4 Å². The number of hydrogen-bond donors (Lipinski definition) is 1. The molecule has 2 aromatic heterocycles. The molecule has 1 amide bonds. The van der Waals surface area contributed by atoms with E-state index in [1.165, 1.54) is 6.20 Å². The third kappa shape index (κ3) is 0.730. The van der Waals surface area contributed by atoms with Crippen LogP contribution in [-0.4, -0.2) is 20.1 Å². The minimum Gasteiger partial charge on any atom is -0.365 e. The van der Waals surface area contributed by atoms with E-state index >= 15 is 0 Å². The van der Waals surface area contributed by atoms with E-state index in [4.69, 9.17) is 5.73 Å². The molecule has 2 N–H and O–H groups in total. The van der Waals surface area contributed by atoms with Crippen LogP contribution >= 0.6 is 0 Å². The number of hydrogen-bond acceptors (Lipinski definition) is 2. The van der Waals surface area contributed by atoms with Crippen molar-refractivity contribution in [1.82, 2.24) is 14.2 Å². The standard InChI is InChI=1S/C7H8N4O/c1-10-2-3-11-7(10)5(4-9-11)6(8)12/h2-4H,1H3,(H2,8,12). The molecule has 0 saturated carbocycles. The number of aryl methyl sites for hydroxylation is 1. The maximum Gasteiger partial charge on any atom is 0.254 e. The zero-order valence-electron chi connectivity index (χ0n) is 6.56. The molecule has 0 aliphatic heterocycles. The first-order valence-electron chi connectivity index (χ1n) is 3.48. The molecule has 0 atom stereocenters. The first-order chi connectivity index (χ1) is 5.70. The molecule has 2 rings (SSSR count). The zero-order valence-corrected chi connectivity index (χ0v) is 6.56. The fourth-order valence-corrected chi connectivity index (χ4v) is 1.22. The molecule has 12 heavy (non-hydrogen) atoms. The molecule has 0 radical (unpaired) electrons. The number of rotatable bonds is 1. The number of aromatic nitrogens is 3. The van der Waals surface area contributed by atoms with Gasteiger partial charge >= 0.3 is 0 Å². The maximum atomic E-state index is 10.9. The second-order valence-corrected chi connectivity index (χ2v) is 2.60. The van der Waals surface area contributed by atoms with Gasteiger partial charge in [-0.05, 0) is 0 Å². The van der Waals surface area contributed by atoms with E-state index in [1.54, 1.807) is 15.3 Å². The lowest BCUT2D eigenvalue weighted by molar-refractivity contribution is 0.100. The third-order valence-electron chi connectivity index (χ3n) is 1.80. The summed E-state index contributed by atoms with van der Waals surface area (Å²) in [6, 6.07) is 0. The van der Waals surface area contributed by atoms with Gasteiger partial charge in [-0.3, -0.25) is 4.79 Å². The van der Waals surface area contributed by atoms with Crippen molar-refractivity contribution in [3.63, 3.8) is 0 Å². The van der Waals surface area contributed by atoms with E-state index in [0.29, 0.717) is 5.56 Å². The molecule has 2 aromatic rings. The molecular formula is C7H8N4O. The number of primary amides is 1. The van der Waals surface area contributed by atoms with Crippen molar-refractivity contribution in [3.05, 3.63) is 24.2 Å². The Balaban J connectivity index is 2.83. The number of carbonyl (C=O) groups is 1. The Hall–Kier alpha value is -1.78. The van der Waals surface area contributed by atoms with Gasteiger partial charge in [-0.1, -0.05) is 0 Å². The number of fused-ring (bicyclic) bond motifs is 1. The van der Waals surface area contributed by atoms with Crippen molar-refractivity contribution in [3.8, 4) is 0 Å². The Morgan fingerprint density at radius 3 is 3.00 bits per heavy atom. The van der Waals surface area contributed by atoms with Gasteiger partial charge in [0.15, 0.2) is 0 Å². The van der Waals surface area contributed by atoms with Crippen LogP contribution in [0.5, 0.6) is 0 Å². The van der Waals surface area contributed by atoms with Crippen LogP contribution < -0.4 is 5.73 Å². The van der Waals surface area contributed by atoms with Gasteiger partial charge < -0.3 is 10.3 Å². The molecule has 2 heterocycles. The van der Waals surface area contributed by atoms with Crippen LogP contribution in [0.2, 0.25) is 0 Å². The van der Waals surface area contributed by atoms with Crippen molar-refractivity contribution < 1.29 is 4.79 Å². The molecule has 0 aliphatic rings. The molecule has 0 aliphatic carbocycles. The maximum absolute atomic E-state index is 10.9. The number of nitrogens with zero attached hydrogens (tertiary/aromatic N) is 3. The van der Waals surface area contributed by atoms with Crippen LogP contribution in [0.1, 0.15) is 10.4 Å². The number of nitrogens with two attached hydrogens (primary N) is 1. The van der Waals surface area contributed by atoms with E-state index < -0.39 is 5.91 Å². The van der Waals surface area contributed by atoms with E-state index in [2.05, 4.69) is 5.10 Å². The molecular weight excluding hydrogens is 156 g/mol. The summed E-state index contributed by atoms with van der Waals surface area (Å²) in [7, 11) is 1.84. The summed E-state index contributed by atoms with van der Waals surface area (Å²) >= 11 is 0. The molecule has 0 fully saturated rings. The Morgan fingerprint density at radius 1 is 1.58 bits per heavy atom. The lowest BCUT2D eigenvalue weighted by Crippen LogP contribution is -2.11. The van der Waals surface area contributed by atoms with Crippen LogP contribution in [0.3, 0.4) is 0 Å². The average Bonchev–Trinajstić information content (AvgIpc) is 2.53. The lowest BCUT2D eigenvalue weighted by Gasteiger charge is -1.92. The van der Waals surface area contributed by atoms with E-state index in [1.807, 2.05) is 13.2 Å². The smallest absolute Gasteiger partial charge is 0.254 e. The van der Waals surface area contributed by atoms with Crippen molar-refractivity contribution in [2.75, 3.05) is 0 Å². The Morgan fingerprint density at radius 2 is 2.33 bits per heavy atom. The minimum atomic E-state index is -0.452. The van der Waals surface area contributed by atoms with E-state index in [-0.39, 0.29) is 0 Å². The summed E-state index contributed by atoms with van der Waals surface area (Å²) in [5.41, 5.74) is 6.32. The van der Waals surface area contributed by atoms with Gasteiger partial charge in [0.2, 0.25) is 0 Å². The molecule has 62 valence electrons. The van der Waals surface area contributed by atoms with Gasteiger partial charge in [-0.25, -0.2) is 4.52 Å². The monoisotopic (exact) mass is 164 g/mol. The molecule has 0 unspecified atom stereocenters. The van der Waals surface area contributed by atoms with Gasteiger partial charge in [-0.2, -0.15) is 5.10 Å². The van der Waals surface area contributed by atoms with Crippen LogP contribution in [-0.2, 0) is 7.05 Å². The van der Waals surface area contributed by atoms with Crippen LogP contribution in [0, 0.1) is 0 Å². The Labute approximate surface area is 68.4 Å². The summed E-state index contributed by atoms with van der Waals surface area (Å²) in [6.07, 6.45) is 5.05. The number of amides is 1. The lowest BCUT2D eigenvalue weighted by atomic mass is 10.3. The summed E-state index contributed by atoms with van der Waals surface area (Å²) in [4.78, 5) is 10.9. The highest BCUT2D eigenvalue weighted by molar-refractivity contribution is 5.98. The fraction of sp³-hybridized carbons (Fsp3) is 0.143. The van der Waals surface area contributed by atoms with Crippen molar-refractivity contribution in [2.24, 2.45) is 12.8 Å². The Bertz CT molecular complexity index is 439. The second-order valence-electron chi connectivity index (χ2n) is 2.60. The SMILES string of the molecule is Cn1ccn2ncc(C(N)=O)c12. The van der Waals surface area contributed by atoms with Crippen LogP contribution in [0.4, 0.5) is 0 Å². The second kappa shape index (κ2) is 2.10. The predicted octanol–water partition coefficient (Wildman–Crippen LogP) is -0.228. The number of carbonyl (C=O) groups excluding carboxylic acids is 1. The van der Waals surface area contributed by atoms with E-state index in [9.17, 15) is 4.79 Å². The number of imidazole rings is 1. The topological polar surface area (TPSA) is 65.3 Å². The molecule has 0 aromatic carbocycles. The summed E-state index contributed by atoms with van der Waals surface area (Å²) in [5, 5.41) is 3.96. The summed E-state index contributed by atoms with van der Waals surface area (Å²) in [6.45, 7) is 0. The summed E-state index contributed by atoms with van der Waals surface area (Å²) in [5.74, 6) is -0.452. The molecule has 0 bridgehead atoms. The van der Waals surface area contributed by atoms with E-state index in [0.717, 1.165) is 5.65 Å². The normalized spacial score (nSPS) is 10.8. The highest BCUT2D eigenvalue weighted by atomic mass is 16.1. The van der Waals surface area contributed by atoms with Gasteiger partial charge in [-0.15, -0.1) is 0 Å². The zero-order chi connectivity index (χ0) is 8.72. The van der Waals surface area contributed by atoms with Gasteiger partial charge in [0.1, 0.15) is 11.2 Å². The first-order valence-corrected chi connectivity index (χ1v) is 3.48. The van der Waals surface area contributed by atoms with Crippen molar-refractivity contribution in [1.29, 1.82) is 0 Å². The molecule has 0 spiro atoms. The van der Waals surface area contributed by atoms with Gasteiger partial charge in [0.05, 0.1) is 6.20 Å². The Kier molecular flexibility index (Phi) is 1.21. The largest absolute Gasteiger partial charge is 0.365 e. The minimum absolute atomic E-state index is 0.447. The van der Waals surface area contributed by atoms with Gasteiger partial charge in [0.25, 0.3) is 5.91 Å². The van der Waals surface area contributed by atoms with Crippen LogP contribution in [0.15, 0.2) is 18.6 Å². The summed E-state index contributed by atoms with van der Waals surface area (Å²) < 4.78 is 3.41. The average molecular weight is 164 g/mol. The predicted molar refractivity (Wildman–Crippen MR) is 42.7 cm³/mol. The molecule has 5 nitrogen and oxygen atoms in total. The molecule has 5 heteroatoms. The highest BCUT2D eigenvalue weighted by Crippen LogP contribution is 2.08. The first kappa shape index (κ1) is 6.90. The fourth-order valence-electron chi connectivity index (χ4n) is 1.22. The quantitative estimate of drug-likeness (QED) is 0.632.